The predicted molar refractivity (Wildman–Crippen MR) is 89.6 cm³/mol. The quantitative estimate of drug-likeness (QED) is 0.843. The van der Waals surface area contributed by atoms with E-state index in [1.54, 1.807) is 0 Å². The molecule has 0 spiro atoms. The molecule has 0 saturated carbocycles. The van der Waals surface area contributed by atoms with E-state index in [0.29, 0.717) is 5.41 Å². The molecule has 21 heavy (non-hydrogen) atoms. The molecular formula is C18H36N2O. The first kappa shape index (κ1) is 17.2. The molecule has 0 aromatic heterocycles. The Morgan fingerprint density at radius 3 is 2.62 bits per heavy atom. The molecule has 2 rings (SSSR count). The van der Waals surface area contributed by atoms with Crippen LogP contribution in [0.5, 0.6) is 0 Å². The van der Waals surface area contributed by atoms with Crippen LogP contribution >= 0.6 is 0 Å². The van der Waals surface area contributed by atoms with Crippen molar-refractivity contribution in [3.05, 3.63) is 0 Å². The molecule has 2 saturated heterocycles. The van der Waals surface area contributed by atoms with Crippen molar-refractivity contribution in [2.24, 2.45) is 17.3 Å². The van der Waals surface area contributed by atoms with E-state index in [2.05, 4.69) is 44.8 Å². The fraction of sp³-hybridized carbons (Fsp3) is 1.00. The SMILES string of the molecule is CC(C)C1CCN(CC2(CNC(C)(C)C)CCCOC2)C1. The fourth-order valence-corrected chi connectivity index (χ4v) is 3.71. The topological polar surface area (TPSA) is 24.5 Å². The monoisotopic (exact) mass is 296 g/mol. The molecule has 0 aromatic carbocycles. The van der Waals surface area contributed by atoms with Crippen LogP contribution in [0, 0.1) is 17.3 Å². The van der Waals surface area contributed by atoms with Crippen molar-refractivity contribution in [1.29, 1.82) is 0 Å². The first-order valence-electron chi connectivity index (χ1n) is 8.85. The third-order valence-corrected chi connectivity index (χ3v) is 5.21. The predicted octanol–water partition coefficient (Wildman–Crippen LogP) is 3.15. The van der Waals surface area contributed by atoms with Crippen molar-refractivity contribution in [3.63, 3.8) is 0 Å². The molecule has 2 atom stereocenters. The van der Waals surface area contributed by atoms with Crippen LogP contribution in [0.2, 0.25) is 0 Å². The summed E-state index contributed by atoms with van der Waals surface area (Å²) < 4.78 is 5.87. The molecule has 0 amide bonds. The van der Waals surface area contributed by atoms with Gasteiger partial charge in [-0.15, -0.1) is 0 Å². The minimum Gasteiger partial charge on any atom is -0.381 e. The van der Waals surface area contributed by atoms with Gasteiger partial charge in [0.15, 0.2) is 0 Å². The van der Waals surface area contributed by atoms with Crippen molar-refractivity contribution in [2.75, 3.05) is 39.4 Å². The Bertz CT molecular complexity index is 316. The lowest BCUT2D eigenvalue weighted by Gasteiger charge is -2.42. The highest BCUT2D eigenvalue weighted by Gasteiger charge is 2.37. The second-order valence-corrected chi connectivity index (χ2v) is 8.79. The first-order chi connectivity index (χ1) is 9.80. The Morgan fingerprint density at radius 1 is 1.33 bits per heavy atom. The summed E-state index contributed by atoms with van der Waals surface area (Å²) >= 11 is 0. The van der Waals surface area contributed by atoms with Gasteiger partial charge in [-0.3, -0.25) is 0 Å². The maximum Gasteiger partial charge on any atom is 0.0546 e. The summed E-state index contributed by atoms with van der Waals surface area (Å²) in [6, 6.07) is 0. The van der Waals surface area contributed by atoms with Crippen LogP contribution in [-0.2, 0) is 4.74 Å². The molecule has 2 aliphatic rings. The van der Waals surface area contributed by atoms with Crippen molar-refractivity contribution in [3.8, 4) is 0 Å². The summed E-state index contributed by atoms with van der Waals surface area (Å²) in [5.41, 5.74) is 0.507. The van der Waals surface area contributed by atoms with Crippen molar-refractivity contribution in [2.45, 2.75) is 59.4 Å². The lowest BCUT2D eigenvalue weighted by molar-refractivity contribution is -0.0263. The van der Waals surface area contributed by atoms with E-state index in [-0.39, 0.29) is 5.54 Å². The van der Waals surface area contributed by atoms with Crippen LogP contribution in [0.4, 0.5) is 0 Å². The van der Waals surface area contributed by atoms with Crippen molar-refractivity contribution >= 4 is 0 Å². The minimum absolute atomic E-state index is 0.190. The van der Waals surface area contributed by atoms with E-state index >= 15 is 0 Å². The summed E-state index contributed by atoms with van der Waals surface area (Å²) in [4.78, 5) is 2.70. The third-order valence-electron chi connectivity index (χ3n) is 5.21. The minimum atomic E-state index is 0.190. The second kappa shape index (κ2) is 6.97. The third kappa shape index (κ3) is 5.22. The highest BCUT2D eigenvalue weighted by molar-refractivity contribution is 4.91. The highest BCUT2D eigenvalue weighted by Crippen LogP contribution is 2.33. The first-order valence-corrected chi connectivity index (χ1v) is 8.85. The number of likely N-dealkylation sites (tertiary alicyclic amines) is 1. The van der Waals surface area contributed by atoms with Gasteiger partial charge in [0.25, 0.3) is 0 Å². The van der Waals surface area contributed by atoms with E-state index in [1.165, 1.54) is 38.9 Å². The smallest absolute Gasteiger partial charge is 0.0546 e. The zero-order chi connectivity index (χ0) is 15.5. The molecule has 0 aromatic rings. The molecule has 2 unspecified atom stereocenters. The van der Waals surface area contributed by atoms with E-state index in [4.69, 9.17) is 4.74 Å². The Hall–Kier alpha value is -0.120. The zero-order valence-corrected chi connectivity index (χ0v) is 14.9. The van der Waals surface area contributed by atoms with Crippen LogP contribution in [0.15, 0.2) is 0 Å². The Labute approximate surface area is 131 Å². The summed E-state index contributed by atoms with van der Waals surface area (Å²) in [6.45, 7) is 18.3. The van der Waals surface area contributed by atoms with Crippen LogP contribution < -0.4 is 5.32 Å². The summed E-state index contributed by atoms with van der Waals surface area (Å²) in [5, 5.41) is 3.73. The number of rotatable bonds is 5. The molecule has 2 aliphatic heterocycles. The number of hydrogen-bond donors (Lipinski definition) is 1. The number of ether oxygens (including phenoxy) is 1. The summed E-state index contributed by atoms with van der Waals surface area (Å²) in [6.07, 6.45) is 3.90. The van der Waals surface area contributed by atoms with Gasteiger partial charge >= 0.3 is 0 Å². The van der Waals surface area contributed by atoms with E-state index in [1.807, 2.05) is 0 Å². The van der Waals surface area contributed by atoms with Crippen LogP contribution in [-0.4, -0.2) is 49.8 Å². The fourth-order valence-electron chi connectivity index (χ4n) is 3.71. The van der Waals surface area contributed by atoms with E-state index in [0.717, 1.165) is 31.6 Å². The van der Waals surface area contributed by atoms with Gasteiger partial charge in [-0.25, -0.2) is 0 Å². The Morgan fingerprint density at radius 2 is 2.10 bits per heavy atom. The normalized spacial score (nSPS) is 32.0. The second-order valence-electron chi connectivity index (χ2n) is 8.79. The van der Waals surface area contributed by atoms with E-state index in [9.17, 15) is 0 Å². The maximum absolute atomic E-state index is 5.87. The average molecular weight is 296 g/mol. The standard InChI is InChI=1S/C18H36N2O/c1-15(2)16-7-9-20(11-16)13-18(8-6-10-21-14-18)12-19-17(3,4)5/h15-16,19H,6-14H2,1-5H3. The number of nitrogens with one attached hydrogen (secondary N) is 1. The molecule has 2 heterocycles. The lowest BCUT2D eigenvalue weighted by atomic mass is 9.81. The highest BCUT2D eigenvalue weighted by atomic mass is 16.5. The molecule has 1 N–H and O–H groups in total. The van der Waals surface area contributed by atoms with Gasteiger partial charge in [0.1, 0.15) is 0 Å². The number of hydrogen-bond acceptors (Lipinski definition) is 3. The molecule has 2 fully saturated rings. The maximum atomic E-state index is 5.87. The van der Waals surface area contributed by atoms with Gasteiger partial charge in [-0.1, -0.05) is 13.8 Å². The van der Waals surface area contributed by atoms with Crippen molar-refractivity contribution in [1.82, 2.24) is 10.2 Å². The summed E-state index contributed by atoms with van der Waals surface area (Å²) in [7, 11) is 0. The van der Waals surface area contributed by atoms with Crippen LogP contribution in [0.1, 0.15) is 53.9 Å². The van der Waals surface area contributed by atoms with Gasteiger partial charge < -0.3 is 15.0 Å². The number of nitrogens with zero attached hydrogens (tertiary/aromatic N) is 1. The molecule has 3 heteroatoms. The molecule has 124 valence electrons. The lowest BCUT2D eigenvalue weighted by Crippen LogP contribution is -2.52. The summed E-state index contributed by atoms with van der Waals surface area (Å²) in [5.74, 6) is 1.71. The average Bonchev–Trinajstić information content (AvgIpc) is 2.85. The Kier molecular flexibility index (Phi) is 5.72. The molecule has 0 bridgehead atoms. The molecular weight excluding hydrogens is 260 g/mol. The van der Waals surface area contributed by atoms with Gasteiger partial charge in [-0.05, 0) is 58.4 Å². The van der Waals surface area contributed by atoms with Gasteiger partial charge in [0.05, 0.1) is 6.61 Å². The Balaban J connectivity index is 1.93. The van der Waals surface area contributed by atoms with Gasteiger partial charge in [0, 0.05) is 37.2 Å². The van der Waals surface area contributed by atoms with E-state index < -0.39 is 0 Å². The van der Waals surface area contributed by atoms with Crippen LogP contribution in [0.25, 0.3) is 0 Å². The molecule has 0 aliphatic carbocycles. The molecule has 3 nitrogen and oxygen atoms in total. The zero-order valence-electron chi connectivity index (χ0n) is 14.9. The largest absolute Gasteiger partial charge is 0.381 e. The van der Waals surface area contributed by atoms with Gasteiger partial charge in [0.2, 0.25) is 0 Å². The van der Waals surface area contributed by atoms with Gasteiger partial charge in [-0.2, -0.15) is 0 Å². The van der Waals surface area contributed by atoms with Crippen molar-refractivity contribution < 1.29 is 4.74 Å². The van der Waals surface area contributed by atoms with Crippen LogP contribution in [0.3, 0.4) is 0 Å². The molecule has 0 radical (unpaired) electrons.